The van der Waals surface area contributed by atoms with Crippen LogP contribution in [0.4, 0.5) is 0 Å². The molecule has 3 nitrogen and oxygen atoms in total. The lowest BCUT2D eigenvalue weighted by atomic mass is 10.1. The summed E-state index contributed by atoms with van der Waals surface area (Å²) in [5.74, 6) is -0.416. The van der Waals surface area contributed by atoms with E-state index in [4.69, 9.17) is 0 Å². The first-order valence-corrected chi connectivity index (χ1v) is 6.32. The summed E-state index contributed by atoms with van der Waals surface area (Å²) < 4.78 is 4.60. The highest BCUT2D eigenvalue weighted by atomic mass is 16.5. The molecule has 1 aromatic carbocycles. The Morgan fingerprint density at radius 2 is 1.58 bits per heavy atom. The first-order chi connectivity index (χ1) is 9.20. The number of aryl methyl sites for hydroxylation is 1. The lowest BCUT2D eigenvalue weighted by Crippen LogP contribution is -2.03. The number of nitrogens with zero attached hydrogens (tertiary/aromatic N) is 1. The Bertz CT molecular complexity index is 515. The van der Waals surface area contributed by atoms with Crippen LogP contribution in [0, 0.1) is 6.92 Å². The van der Waals surface area contributed by atoms with E-state index in [-0.39, 0.29) is 0 Å². The molecule has 2 aromatic rings. The summed E-state index contributed by atoms with van der Waals surface area (Å²) in [6.45, 7) is 6.04. The fraction of sp³-hybridized carbons (Fsp3) is 0.250. The van der Waals surface area contributed by atoms with E-state index in [2.05, 4.69) is 9.72 Å². The number of carbonyl (C=O) groups is 1. The summed E-state index contributed by atoms with van der Waals surface area (Å²) in [6.07, 6.45) is 1.68. The number of methoxy groups -OCH3 is 1. The van der Waals surface area contributed by atoms with E-state index in [0.717, 1.165) is 11.1 Å². The van der Waals surface area contributed by atoms with Gasteiger partial charge in [-0.05, 0) is 18.6 Å². The van der Waals surface area contributed by atoms with Crippen molar-refractivity contribution in [2.24, 2.45) is 0 Å². The second-order valence-corrected chi connectivity index (χ2v) is 3.79. The molecule has 2 rings (SSSR count). The molecule has 0 N–H and O–H groups in total. The number of hydrogen-bond acceptors (Lipinski definition) is 3. The average Bonchev–Trinajstić information content (AvgIpc) is 2.49. The molecule has 0 atom stereocenters. The third kappa shape index (κ3) is 3.91. The number of carbonyl (C=O) groups excluding carboxylic acids is 1. The summed E-state index contributed by atoms with van der Waals surface area (Å²) in [5, 5.41) is 0. The average molecular weight is 257 g/mol. The SMILES string of the molecule is CC.COC(=O)c1ccc(-c2ccc(C)cc2)cn1. The van der Waals surface area contributed by atoms with Crippen LogP contribution in [-0.2, 0) is 4.74 Å². The summed E-state index contributed by atoms with van der Waals surface area (Å²) in [6, 6.07) is 11.7. The zero-order chi connectivity index (χ0) is 14.3. The van der Waals surface area contributed by atoms with Crippen LogP contribution in [0.2, 0.25) is 0 Å². The van der Waals surface area contributed by atoms with Crippen molar-refractivity contribution in [3.8, 4) is 11.1 Å². The van der Waals surface area contributed by atoms with Gasteiger partial charge in [0.05, 0.1) is 7.11 Å². The molecule has 1 heterocycles. The van der Waals surface area contributed by atoms with Crippen LogP contribution in [0.25, 0.3) is 11.1 Å². The van der Waals surface area contributed by atoms with Gasteiger partial charge < -0.3 is 4.74 Å². The second kappa shape index (κ2) is 7.31. The van der Waals surface area contributed by atoms with Crippen molar-refractivity contribution in [2.75, 3.05) is 7.11 Å². The second-order valence-electron chi connectivity index (χ2n) is 3.79. The van der Waals surface area contributed by atoms with E-state index in [0.29, 0.717) is 5.69 Å². The first-order valence-electron chi connectivity index (χ1n) is 6.32. The molecule has 0 saturated carbocycles. The van der Waals surface area contributed by atoms with Gasteiger partial charge >= 0.3 is 5.97 Å². The Morgan fingerprint density at radius 3 is 2.05 bits per heavy atom. The molecule has 1 aromatic heterocycles. The van der Waals surface area contributed by atoms with Gasteiger partial charge in [-0.25, -0.2) is 9.78 Å². The number of esters is 1. The van der Waals surface area contributed by atoms with Gasteiger partial charge in [-0.3, -0.25) is 0 Å². The Hall–Kier alpha value is -2.16. The maximum absolute atomic E-state index is 11.2. The molecule has 0 saturated heterocycles. The molecule has 19 heavy (non-hydrogen) atoms. The van der Waals surface area contributed by atoms with Gasteiger partial charge in [-0.2, -0.15) is 0 Å². The highest BCUT2D eigenvalue weighted by Gasteiger charge is 2.06. The van der Waals surface area contributed by atoms with Crippen molar-refractivity contribution < 1.29 is 9.53 Å². The van der Waals surface area contributed by atoms with Crippen molar-refractivity contribution in [3.63, 3.8) is 0 Å². The van der Waals surface area contributed by atoms with Crippen LogP contribution in [0.1, 0.15) is 29.9 Å². The van der Waals surface area contributed by atoms with Gasteiger partial charge in [0.2, 0.25) is 0 Å². The summed E-state index contributed by atoms with van der Waals surface area (Å²) >= 11 is 0. The molecule has 0 aliphatic heterocycles. The minimum Gasteiger partial charge on any atom is -0.464 e. The van der Waals surface area contributed by atoms with Crippen LogP contribution in [0.5, 0.6) is 0 Å². The van der Waals surface area contributed by atoms with Crippen molar-refractivity contribution in [1.82, 2.24) is 4.98 Å². The van der Waals surface area contributed by atoms with Crippen LogP contribution in [-0.4, -0.2) is 18.1 Å². The standard InChI is InChI=1S/C14H13NO2.C2H6/c1-10-3-5-11(6-4-10)12-7-8-13(15-9-12)14(16)17-2;1-2/h3-9H,1-2H3;1-2H3. The molecular formula is C16H19NO2. The van der Waals surface area contributed by atoms with E-state index < -0.39 is 5.97 Å². The lowest BCUT2D eigenvalue weighted by Gasteiger charge is -2.03. The zero-order valence-corrected chi connectivity index (χ0v) is 11.8. The number of aromatic nitrogens is 1. The zero-order valence-electron chi connectivity index (χ0n) is 11.8. The highest BCUT2D eigenvalue weighted by molar-refractivity contribution is 5.87. The number of benzene rings is 1. The minimum absolute atomic E-state index is 0.323. The van der Waals surface area contributed by atoms with Crippen LogP contribution < -0.4 is 0 Å². The number of pyridine rings is 1. The Morgan fingerprint density at radius 1 is 1.00 bits per heavy atom. The fourth-order valence-electron chi connectivity index (χ4n) is 1.54. The number of ether oxygens (including phenoxy) is 1. The smallest absolute Gasteiger partial charge is 0.356 e. The molecule has 0 radical (unpaired) electrons. The molecule has 0 unspecified atom stereocenters. The summed E-state index contributed by atoms with van der Waals surface area (Å²) in [5.41, 5.74) is 3.61. The van der Waals surface area contributed by atoms with E-state index in [1.54, 1.807) is 12.3 Å². The molecule has 0 aliphatic carbocycles. The lowest BCUT2D eigenvalue weighted by molar-refractivity contribution is 0.0594. The molecule has 100 valence electrons. The maximum Gasteiger partial charge on any atom is 0.356 e. The van der Waals surface area contributed by atoms with Crippen molar-refractivity contribution in [2.45, 2.75) is 20.8 Å². The normalized spacial score (nSPS) is 9.26. The van der Waals surface area contributed by atoms with E-state index in [9.17, 15) is 4.79 Å². The van der Waals surface area contributed by atoms with Gasteiger partial charge in [0.1, 0.15) is 5.69 Å². The highest BCUT2D eigenvalue weighted by Crippen LogP contribution is 2.18. The van der Waals surface area contributed by atoms with Crippen molar-refractivity contribution in [3.05, 3.63) is 53.9 Å². The maximum atomic E-state index is 11.2. The number of hydrogen-bond donors (Lipinski definition) is 0. The van der Waals surface area contributed by atoms with E-state index >= 15 is 0 Å². The fourth-order valence-corrected chi connectivity index (χ4v) is 1.54. The van der Waals surface area contributed by atoms with Gasteiger partial charge in [0, 0.05) is 11.8 Å². The predicted octanol–water partition coefficient (Wildman–Crippen LogP) is 3.87. The van der Waals surface area contributed by atoms with Crippen LogP contribution >= 0.6 is 0 Å². The molecule has 0 aliphatic rings. The Labute approximate surface area is 114 Å². The third-order valence-corrected chi connectivity index (χ3v) is 2.54. The molecular weight excluding hydrogens is 238 g/mol. The summed E-state index contributed by atoms with van der Waals surface area (Å²) in [4.78, 5) is 15.3. The van der Waals surface area contributed by atoms with E-state index in [1.165, 1.54) is 12.7 Å². The molecule has 0 bridgehead atoms. The molecule has 0 amide bonds. The predicted molar refractivity (Wildman–Crippen MR) is 77.1 cm³/mol. The Kier molecular flexibility index (Phi) is 5.73. The largest absolute Gasteiger partial charge is 0.464 e. The van der Waals surface area contributed by atoms with Gasteiger partial charge in [-0.15, -0.1) is 0 Å². The van der Waals surface area contributed by atoms with Gasteiger partial charge in [-0.1, -0.05) is 49.7 Å². The quantitative estimate of drug-likeness (QED) is 0.767. The number of rotatable bonds is 2. The summed E-state index contributed by atoms with van der Waals surface area (Å²) in [7, 11) is 1.35. The Balaban J connectivity index is 0.000000861. The third-order valence-electron chi connectivity index (χ3n) is 2.54. The topological polar surface area (TPSA) is 39.2 Å². The van der Waals surface area contributed by atoms with Crippen molar-refractivity contribution >= 4 is 5.97 Å². The first kappa shape index (κ1) is 14.9. The van der Waals surface area contributed by atoms with Crippen LogP contribution in [0.3, 0.4) is 0 Å². The van der Waals surface area contributed by atoms with Crippen LogP contribution in [0.15, 0.2) is 42.6 Å². The molecule has 0 spiro atoms. The van der Waals surface area contributed by atoms with E-state index in [1.807, 2.05) is 51.1 Å². The van der Waals surface area contributed by atoms with Crippen molar-refractivity contribution in [1.29, 1.82) is 0 Å². The minimum atomic E-state index is -0.416. The molecule has 0 fully saturated rings. The van der Waals surface area contributed by atoms with Gasteiger partial charge in [0.15, 0.2) is 0 Å². The van der Waals surface area contributed by atoms with Gasteiger partial charge in [0.25, 0.3) is 0 Å². The molecule has 3 heteroatoms. The monoisotopic (exact) mass is 257 g/mol.